The third kappa shape index (κ3) is 3.71. The summed E-state index contributed by atoms with van der Waals surface area (Å²) >= 11 is 0. The van der Waals surface area contributed by atoms with E-state index in [0.717, 1.165) is 12.1 Å². The van der Waals surface area contributed by atoms with Crippen molar-refractivity contribution in [3.63, 3.8) is 0 Å². The molecule has 2 heterocycles. The summed E-state index contributed by atoms with van der Waals surface area (Å²) in [5, 5.41) is 8.53. The minimum atomic E-state index is -4.46. The number of hydrogen-bond acceptors (Lipinski definition) is 3. The number of benzene rings is 1. The SMILES string of the molecule is O=C(Nc1cccc(C(F)(F)F)c1)N1CCC2(CC1)NCCNC2=O. The molecule has 0 radical (unpaired) electrons. The van der Waals surface area contributed by atoms with Gasteiger partial charge in [-0.1, -0.05) is 6.07 Å². The number of nitrogens with one attached hydrogen (secondary N) is 3. The summed E-state index contributed by atoms with van der Waals surface area (Å²) in [5.74, 6) is -0.0586. The second-order valence-corrected chi connectivity index (χ2v) is 6.26. The van der Waals surface area contributed by atoms with Crippen molar-refractivity contribution in [2.45, 2.75) is 24.6 Å². The summed E-state index contributed by atoms with van der Waals surface area (Å²) in [5.41, 5.74) is -1.37. The van der Waals surface area contributed by atoms with Crippen LogP contribution in [0.25, 0.3) is 0 Å². The van der Waals surface area contributed by atoms with E-state index in [0.29, 0.717) is 39.0 Å². The Morgan fingerprint density at radius 1 is 1.20 bits per heavy atom. The molecule has 3 N–H and O–H groups in total. The van der Waals surface area contributed by atoms with Gasteiger partial charge in [0.25, 0.3) is 0 Å². The van der Waals surface area contributed by atoms with Gasteiger partial charge in [0.15, 0.2) is 0 Å². The highest BCUT2D eigenvalue weighted by molar-refractivity contribution is 5.91. The third-order valence-corrected chi connectivity index (χ3v) is 4.65. The van der Waals surface area contributed by atoms with E-state index in [1.54, 1.807) is 0 Å². The first-order chi connectivity index (χ1) is 11.8. The van der Waals surface area contributed by atoms with E-state index in [4.69, 9.17) is 0 Å². The van der Waals surface area contributed by atoms with Crippen LogP contribution in [0.3, 0.4) is 0 Å². The summed E-state index contributed by atoms with van der Waals surface area (Å²) in [6.07, 6.45) is -3.53. The number of rotatable bonds is 1. The molecule has 0 unspecified atom stereocenters. The van der Waals surface area contributed by atoms with Crippen LogP contribution in [-0.2, 0) is 11.0 Å². The molecule has 1 aromatic rings. The van der Waals surface area contributed by atoms with Crippen molar-refractivity contribution in [2.24, 2.45) is 0 Å². The minimum Gasteiger partial charge on any atom is -0.353 e. The normalized spacial score (nSPS) is 20.3. The zero-order chi connectivity index (χ0) is 18.1. The van der Waals surface area contributed by atoms with Crippen LogP contribution in [0, 0.1) is 0 Å². The summed E-state index contributed by atoms with van der Waals surface area (Å²) in [6.45, 7) is 1.97. The highest BCUT2D eigenvalue weighted by Gasteiger charge is 2.43. The molecule has 25 heavy (non-hydrogen) atoms. The van der Waals surface area contributed by atoms with E-state index < -0.39 is 23.3 Å². The number of anilines is 1. The Hall–Kier alpha value is -2.29. The molecular formula is C16H19F3N4O2. The van der Waals surface area contributed by atoms with E-state index >= 15 is 0 Å². The Balaban J connectivity index is 1.61. The van der Waals surface area contributed by atoms with Gasteiger partial charge < -0.3 is 20.9 Å². The van der Waals surface area contributed by atoms with Crippen LogP contribution in [0.5, 0.6) is 0 Å². The number of hydrogen-bond donors (Lipinski definition) is 3. The largest absolute Gasteiger partial charge is 0.416 e. The number of halogens is 3. The number of amides is 3. The number of urea groups is 1. The zero-order valence-corrected chi connectivity index (χ0v) is 13.4. The van der Waals surface area contributed by atoms with Crippen LogP contribution in [0.2, 0.25) is 0 Å². The third-order valence-electron chi connectivity index (χ3n) is 4.65. The standard InChI is InChI=1S/C16H19F3N4O2/c17-16(18,19)11-2-1-3-12(10-11)22-14(25)23-8-4-15(5-9-23)13(24)20-6-7-21-15/h1-3,10,21H,4-9H2,(H,20,24)(H,22,25). The van der Waals surface area contributed by atoms with Gasteiger partial charge in [-0.05, 0) is 31.0 Å². The van der Waals surface area contributed by atoms with Gasteiger partial charge in [0.1, 0.15) is 5.54 Å². The number of piperazine rings is 1. The summed E-state index contributed by atoms with van der Waals surface area (Å²) in [7, 11) is 0. The number of nitrogens with zero attached hydrogens (tertiary/aromatic N) is 1. The van der Waals surface area contributed by atoms with Gasteiger partial charge in [0.2, 0.25) is 5.91 Å². The molecule has 9 heteroatoms. The van der Waals surface area contributed by atoms with Gasteiger partial charge in [-0.3, -0.25) is 4.79 Å². The molecule has 2 fully saturated rings. The first-order valence-electron chi connectivity index (χ1n) is 8.07. The molecule has 136 valence electrons. The topological polar surface area (TPSA) is 73.5 Å². The number of carbonyl (C=O) groups excluding carboxylic acids is 2. The molecule has 0 aliphatic carbocycles. The molecule has 0 saturated carbocycles. The molecule has 0 atom stereocenters. The molecule has 1 aromatic carbocycles. The van der Waals surface area contributed by atoms with Crippen molar-refractivity contribution in [2.75, 3.05) is 31.5 Å². The van der Waals surface area contributed by atoms with Crippen LogP contribution in [0.4, 0.5) is 23.7 Å². The molecule has 3 amide bonds. The van der Waals surface area contributed by atoms with Crippen LogP contribution >= 0.6 is 0 Å². The zero-order valence-electron chi connectivity index (χ0n) is 13.4. The molecule has 6 nitrogen and oxygen atoms in total. The number of carbonyl (C=O) groups is 2. The van der Waals surface area contributed by atoms with E-state index in [1.807, 2.05) is 0 Å². The van der Waals surface area contributed by atoms with Gasteiger partial charge >= 0.3 is 12.2 Å². The minimum absolute atomic E-state index is 0.0586. The molecule has 3 rings (SSSR count). The van der Waals surface area contributed by atoms with Crippen molar-refractivity contribution in [1.29, 1.82) is 0 Å². The van der Waals surface area contributed by atoms with Crippen LogP contribution in [0.15, 0.2) is 24.3 Å². The second-order valence-electron chi connectivity index (χ2n) is 6.26. The molecule has 0 aromatic heterocycles. The Kier molecular flexibility index (Phi) is 4.59. The fourth-order valence-electron chi connectivity index (χ4n) is 3.20. The van der Waals surface area contributed by atoms with E-state index in [1.165, 1.54) is 17.0 Å². The Morgan fingerprint density at radius 3 is 2.56 bits per heavy atom. The predicted molar refractivity (Wildman–Crippen MR) is 85.0 cm³/mol. The number of alkyl halides is 3. The van der Waals surface area contributed by atoms with Gasteiger partial charge in [-0.25, -0.2) is 4.79 Å². The maximum absolute atomic E-state index is 12.7. The van der Waals surface area contributed by atoms with Crippen LogP contribution in [-0.4, -0.2) is 48.6 Å². The predicted octanol–water partition coefficient (Wildman–Crippen LogP) is 1.79. The Bertz CT molecular complexity index is 670. The van der Waals surface area contributed by atoms with Crippen molar-refractivity contribution in [3.8, 4) is 0 Å². The highest BCUT2D eigenvalue weighted by Crippen LogP contribution is 2.31. The summed E-state index contributed by atoms with van der Waals surface area (Å²) < 4.78 is 38.2. The fraction of sp³-hybridized carbons (Fsp3) is 0.500. The van der Waals surface area contributed by atoms with Gasteiger partial charge in [-0.15, -0.1) is 0 Å². The summed E-state index contributed by atoms with van der Waals surface area (Å²) in [4.78, 5) is 25.9. The molecule has 1 spiro atoms. The molecule has 2 aliphatic heterocycles. The first-order valence-corrected chi connectivity index (χ1v) is 8.07. The molecule has 2 saturated heterocycles. The van der Waals surface area contributed by atoms with E-state index in [2.05, 4.69) is 16.0 Å². The number of likely N-dealkylation sites (tertiary alicyclic amines) is 1. The Morgan fingerprint density at radius 2 is 1.92 bits per heavy atom. The lowest BCUT2D eigenvalue weighted by molar-refractivity contribution is -0.137. The van der Waals surface area contributed by atoms with Gasteiger partial charge in [-0.2, -0.15) is 13.2 Å². The Labute approximate surface area is 142 Å². The lowest BCUT2D eigenvalue weighted by Crippen LogP contribution is -2.67. The molecular weight excluding hydrogens is 337 g/mol. The fourth-order valence-corrected chi connectivity index (χ4v) is 3.20. The van der Waals surface area contributed by atoms with Crippen LogP contribution in [0.1, 0.15) is 18.4 Å². The second kappa shape index (κ2) is 6.55. The van der Waals surface area contributed by atoms with Crippen LogP contribution < -0.4 is 16.0 Å². The first kappa shape index (κ1) is 17.5. The highest BCUT2D eigenvalue weighted by atomic mass is 19.4. The van der Waals surface area contributed by atoms with Gasteiger partial charge in [0.05, 0.1) is 5.56 Å². The lowest BCUT2D eigenvalue weighted by atomic mass is 9.85. The maximum atomic E-state index is 12.7. The van der Waals surface area contributed by atoms with E-state index in [-0.39, 0.29) is 11.6 Å². The smallest absolute Gasteiger partial charge is 0.353 e. The maximum Gasteiger partial charge on any atom is 0.416 e. The lowest BCUT2D eigenvalue weighted by Gasteiger charge is -2.43. The van der Waals surface area contributed by atoms with Gasteiger partial charge in [0, 0.05) is 31.9 Å². The average Bonchev–Trinajstić information content (AvgIpc) is 2.58. The van der Waals surface area contributed by atoms with E-state index in [9.17, 15) is 22.8 Å². The summed E-state index contributed by atoms with van der Waals surface area (Å²) in [6, 6.07) is 4.05. The van der Waals surface area contributed by atoms with Crippen molar-refractivity contribution < 1.29 is 22.8 Å². The van der Waals surface area contributed by atoms with Crippen molar-refractivity contribution >= 4 is 17.6 Å². The quantitative estimate of drug-likeness (QED) is 0.718. The van der Waals surface area contributed by atoms with Crippen molar-refractivity contribution in [3.05, 3.63) is 29.8 Å². The molecule has 0 bridgehead atoms. The molecule has 2 aliphatic rings. The van der Waals surface area contributed by atoms with Crippen molar-refractivity contribution in [1.82, 2.24) is 15.5 Å². The number of piperidine rings is 1. The monoisotopic (exact) mass is 356 g/mol. The average molecular weight is 356 g/mol.